The van der Waals surface area contributed by atoms with Crippen molar-refractivity contribution in [2.75, 3.05) is 38.4 Å². The zero-order chi connectivity index (χ0) is 23.1. The van der Waals surface area contributed by atoms with Crippen molar-refractivity contribution in [3.05, 3.63) is 45.1 Å². The summed E-state index contributed by atoms with van der Waals surface area (Å²) in [5.74, 6) is -0.242. The van der Waals surface area contributed by atoms with E-state index in [9.17, 15) is 0 Å². The normalized spacial score (nSPS) is 33.3. The SMILES string of the molecule is [2H]c1c(C)sc2c1=C(N1C([2H])([2H])C([2H])([2H])N(C)C([2H])([2H])C1([2H])[2H])Nc1ccccc1N=2. The van der Waals surface area contributed by atoms with Crippen LogP contribution in [0.25, 0.3) is 5.82 Å². The fourth-order valence-electron chi connectivity index (χ4n) is 2.25. The van der Waals surface area contributed by atoms with E-state index in [1.807, 2.05) is 0 Å². The lowest BCUT2D eigenvalue weighted by Gasteiger charge is -2.35. The molecular formula is C17H20N4S. The van der Waals surface area contributed by atoms with Crippen LogP contribution in [-0.2, 0) is 0 Å². The van der Waals surface area contributed by atoms with Crippen molar-refractivity contribution in [3.63, 3.8) is 0 Å². The molecule has 5 heteroatoms. The van der Waals surface area contributed by atoms with Crippen LogP contribution in [0, 0.1) is 6.92 Å². The summed E-state index contributed by atoms with van der Waals surface area (Å²) in [7, 11) is 1.01. The Morgan fingerprint density at radius 1 is 1.27 bits per heavy atom. The molecule has 1 fully saturated rings. The molecule has 1 aromatic heterocycles. The molecule has 2 aliphatic rings. The Balaban J connectivity index is 2.13. The van der Waals surface area contributed by atoms with Gasteiger partial charge in [0.2, 0.25) is 0 Å². The van der Waals surface area contributed by atoms with Gasteiger partial charge in [-0.25, -0.2) is 4.99 Å². The third-order valence-electron chi connectivity index (χ3n) is 3.26. The second-order valence-corrected chi connectivity index (χ2v) is 6.11. The van der Waals surface area contributed by atoms with Crippen molar-refractivity contribution in [3.8, 4) is 0 Å². The van der Waals surface area contributed by atoms with Gasteiger partial charge in [0, 0.05) is 36.3 Å². The number of thiophene rings is 1. The van der Waals surface area contributed by atoms with Crippen molar-refractivity contribution >= 4 is 28.5 Å². The van der Waals surface area contributed by atoms with E-state index in [0.717, 1.165) is 7.05 Å². The number of fused-ring (bicyclic) bond motifs is 2. The Hall–Kier alpha value is -1.85. The van der Waals surface area contributed by atoms with Gasteiger partial charge in [-0.2, -0.15) is 0 Å². The predicted octanol–water partition coefficient (Wildman–Crippen LogP) is 1.75. The van der Waals surface area contributed by atoms with Crippen LogP contribution in [0.5, 0.6) is 0 Å². The Morgan fingerprint density at radius 2 is 2.05 bits per heavy atom. The minimum atomic E-state index is -3.02. The molecule has 1 aromatic carbocycles. The molecule has 1 N–H and O–H groups in total. The van der Waals surface area contributed by atoms with E-state index in [1.54, 1.807) is 31.2 Å². The zero-order valence-corrected chi connectivity index (χ0v) is 12.9. The van der Waals surface area contributed by atoms with E-state index >= 15 is 0 Å². The van der Waals surface area contributed by atoms with Gasteiger partial charge < -0.3 is 15.1 Å². The van der Waals surface area contributed by atoms with Crippen molar-refractivity contribution in [2.45, 2.75) is 6.92 Å². The van der Waals surface area contributed by atoms with E-state index in [4.69, 9.17) is 12.3 Å². The van der Waals surface area contributed by atoms with Crippen LogP contribution in [0.2, 0.25) is 0 Å². The van der Waals surface area contributed by atoms with Gasteiger partial charge in [0.25, 0.3) is 0 Å². The molecule has 2 aromatic rings. The van der Waals surface area contributed by atoms with Crippen molar-refractivity contribution in [1.29, 1.82) is 0 Å². The fraction of sp³-hybridized carbons (Fsp3) is 0.353. The first-order valence-electron chi connectivity index (χ1n) is 11.2. The summed E-state index contributed by atoms with van der Waals surface area (Å²) in [6.07, 6.45) is 0. The van der Waals surface area contributed by atoms with Crippen LogP contribution in [0.1, 0.15) is 17.2 Å². The minimum Gasteiger partial charge on any atom is -0.355 e. The summed E-state index contributed by atoms with van der Waals surface area (Å²) in [5, 5.41) is 3.04. The number of para-hydroxylation sites is 2. The Bertz CT molecular complexity index is 1160. The smallest absolute Gasteiger partial charge is 0.127 e. The molecule has 114 valence electrons. The number of rotatable bonds is 1. The molecule has 0 spiro atoms. The minimum absolute atomic E-state index is 0.00860. The average Bonchev–Trinajstić information content (AvgIpc) is 2.84. The third-order valence-corrected chi connectivity index (χ3v) is 4.16. The van der Waals surface area contributed by atoms with E-state index in [0.29, 0.717) is 30.7 Å². The quantitative estimate of drug-likeness (QED) is 0.868. The van der Waals surface area contributed by atoms with Gasteiger partial charge in [-0.1, -0.05) is 12.1 Å². The lowest BCUT2D eigenvalue weighted by Crippen LogP contribution is -2.47. The number of nitrogens with zero attached hydrogens (tertiary/aromatic N) is 3. The first-order valence-corrected chi connectivity index (χ1v) is 7.56. The molecule has 0 atom stereocenters. The third kappa shape index (κ3) is 2.40. The van der Waals surface area contributed by atoms with E-state index in [-0.39, 0.29) is 17.1 Å². The molecule has 0 bridgehead atoms. The lowest BCUT2D eigenvalue weighted by molar-refractivity contribution is 0.206. The second kappa shape index (κ2) is 5.41. The highest BCUT2D eigenvalue weighted by molar-refractivity contribution is 7.09. The lowest BCUT2D eigenvalue weighted by atomic mass is 10.2. The molecule has 0 unspecified atom stereocenters. The number of hydrogen-bond acceptors (Lipinski definition) is 5. The number of likely N-dealkylation sites (N-methyl/N-ethyl adjacent to an activating group) is 1. The summed E-state index contributed by atoms with van der Waals surface area (Å²) < 4.78 is 76.5. The van der Waals surface area contributed by atoms with Crippen LogP contribution in [0.15, 0.2) is 35.3 Å². The molecule has 3 heterocycles. The van der Waals surface area contributed by atoms with Crippen molar-refractivity contribution in [2.24, 2.45) is 4.99 Å². The van der Waals surface area contributed by atoms with Crippen LogP contribution in [-0.4, -0.2) is 42.8 Å². The molecule has 22 heavy (non-hydrogen) atoms. The number of anilines is 1. The number of piperazine rings is 1. The van der Waals surface area contributed by atoms with E-state index in [1.165, 1.54) is 11.3 Å². The molecule has 1 saturated heterocycles. The number of aryl methyl sites for hydroxylation is 1. The van der Waals surface area contributed by atoms with Gasteiger partial charge in [0.1, 0.15) is 10.5 Å². The molecule has 0 saturated carbocycles. The van der Waals surface area contributed by atoms with Gasteiger partial charge in [-0.15, -0.1) is 11.3 Å². The predicted molar refractivity (Wildman–Crippen MR) is 92.0 cm³/mol. The summed E-state index contributed by atoms with van der Waals surface area (Å²) in [6, 6.07) is 6.81. The highest BCUT2D eigenvalue weighted by Crippen LogP contribution is 2.27. The Morgan fingerprint density at radius 3 is 2.86 bits per heavy atom. The van der Waals surface area contributed by atoms with E-state index in [2.05, 4.69) is 10.3 Å². The molecular weight excluding hydrogens is 292 g/mol. The molecule has 2 aliphatic heterocycles. The number of benzene rings is 1. The van der Waals surface area contributed by atoms with Crippen molar-refractivity contribution < 1.29 is 12.3 Å². The standard InChI is InChI=1S/C17H20N4S/c1-12-11-13-16(21-9-7-20(2)8-10-21)18-14-5-3-4-6-15(14)19-17(13)22-12/h3-6,11,18H,7-10H2,1-2H3/i7D2,8D2,9D2,10D2,11D. The number of hydrogen-bond donors (Lipinski definition) is 1. The first kappa shape index (κ1) is 7.15. The highest BCUT2D eigenvalue weighted by Gasteiger charge is 2.20. The number of nitrogens with one attached hydrogen (secondary N) is 1. The fourth-order valence-corrected chi connectivity index (χ4v) is 3.09. The van der Waals surface area contributed by atoms with Gasteiger partial charge in [0.15, 0.2) is 0 Å². The van der Waals surface area contributed by atoms with Gasteiger partial charge >= 0.3 is 0 Å². The van der Waals surface area contributed by atoms with Gasteiger partial charge in [-0.3, -0.25) is 0 Å². The summed E-state index contributed by atoms with van der Waals surface area (Å²) >= 11 is 1.18. The highest BCUT2D eigenvalue weighted by atomic mass is 32.1. The Kier molecular flexibility index (Phi) is 1.76. The first-order chi connectivity index (χ1) is 14.2. The van der Waals surface area contributed by atoms with E-state index < -0.39 is 26.0 Å². The van der Waals surface area contributed by atoms with Crippen LogP contribution in [0.4, 0.5) is 11.4 Å². The van der Waals surface area contributed by atoms with Crippen LogP contribution < -0.4 is 15.2 Å². The molecule has 0 amide bonds. The topological polar surface area (TPSA) is 30.9 Å². The summed E-state index contributed by atoms with van der Waals surface area (Å²) in [4.78, 5) is 6.02. The summed E-state index contributed by atoms with van der Waals surface area (Å²) in [5.41, 5.74) is 0.894. The molecule has 0 radical (unpaired) electrons. The maximum Gasteiger partial charge on any atom is 0.127 e. The van der Waals surface area contributed by atoms with Crippen LogP contribution >= 0.6 is 11.3 Å². The van der Waals surface area contributed by atoms with Gasteiger partial charge in [0.05, 0.1) is 23.4 Å². The average molecular weight is 321 g/mol. The van der Waals surface area contributed by atoms with Gasteiger partial charge in [-0.05, 0) is 32.1 Å². The zero-order valence-electron chi connectivity index (χ0n) is 21.1. The molecule has 0 aliphatic carbocycles. The Labute approximate surface area is 147 Å². The molecule has 4 nitrogen and oxygen atoms in total. The van der Waals surface area contributed by atoms with Crippen LogP contribution in [0.3, 0.4) is 0 Å². The molecule has 4 rings (SSSR count). The summed E-state index contributed by atoms with van der Waals surface area (Å²) in [6.45, 7) is -10.2. The van der Waals surface area contributed by atoms with Crippen molar-refractivity contribution in [1.82, 2.24) is 9.80 Å². The maximum absolute atomic E-state index is 8.58. The monoisotopic (exact) mass is 321 g/mol. The second-order valence-electron chi connectivity index (χ2n) is 4.91. The maximum atomic E-state index is 8.58. The largest absolute Gasteiger partial charge is 0.355 e.